The van der Waals surface area contributed by atoms with Crippen LogP contribution in [0, 0.1) is 13.8 Å². The number of piperazine rings is 1. The number of amides is 1. The number of carbonyl (C=O) groups excluding carboxylic acids is 1. The Hall–Kier alpha value is -2.48. The minimum Gasteiger partial charge on any atom is -0.328 e. The third-order valence-corrected chi connectivity index (χ3v) is 8.10. The van der Waals surface area contributed by atoms with Gasteiger partial charge in [0.2, 0.25) is 0 Å². The molecule has 3 aliphatic rings. The van der Waals surface area contributed by atoms with Gasteiger partial charge in [0.15, 0.2) is 5.65 Å². The van der Waals surface area contributed by atoms with Gasteiger partial charge in [0.1, 0.15) is 0 Å². The Morgan fingerprint density at radius 3 is 2.88 bits per heavy atom. The number of nitrogens with zero attached hydrogens (tertiary/aromatic N) is 6. The van der Waals surface area contributed by atoms with Gasteiger partial charge in [0.25, 0.3) is 5.91 Å². The fraction of sp³-hybridized carbons (Fsp3) is 0.480. The van der Waals surface area contributed by atoms with Gasteiger partial charge >= 0.3 is 0 Å². The van der Waals surface area contributed by atoms with E-state index in [1.54, 1.807) is 0 Å². The molecule has 2 aromatic heterocycles. The van der Waals surface area contributed by atoms with Crippen molar-refractivity contribution < 1.29 is 4.79 Å². The summed E-state index contributed by atoms with van der Waals surface area (Å²) in [6.07, 6.45) is 2.61. The summed E-state index contributed by atoms with van der Waals surface area (Å²) in [6, 6.07) is 8.77. The second-order valence-corrected chi connectivity index (χ2v) is 10.0. The minimum absolute atomic E-state index is 0.0728. The van der Waals surface area contributed by atoms with Crippen LogP contribution in [0.4, 0.5) is 0 Å². The highest BCUT2D eigenvalue weighted by Gasteiger charge is 2.33. The van der Waals surface area contributed by atoms with Crippen LogP contribution in [0.1, 0.15) is 51.4 Å². The number of carbonyl (C=O) groups is 1. The summed E-state index contributed by atoms with van der Waals surface area (Å²) in [4.78, 5) is 25.3. The number of hydrogen-bond acceptors (Lipinski definition) is 5. The summed E-state index contributed by atoms with van der Waals surface area (Å²) in [5.74, 6) is 0.0728. The van der Waals surface area contributed by atoms with E-state index < -0.39 is 0 Å². The molecule has 2 saturated heterocycles. The zero-order valence-electron chi connectivity index (χ0n) is 19.2. The van der Waals surface area contributed by atoms with Crippen molar-refractivity contribution in [3.63, 3.8) is 0 Å². The Morgan fingerprint density at radius 1 is 1.15 bits per heavy atom. The number of rotatable bonds is 3. The molecule has 172 valence electrons. The third kappa shape index (κ3) is 3.54. The molecular weight excluding hydrogens is 436 g/mol. The van der Waals surface area contributed by atoms with Crippen molar-refractivity contribution in [3.8, 4) is 0 Å². The Morgan fingerprint density at radius 2 is 2.00 bits per heavy atom. The molecule has 5 heterocycles. The van der Waals surface area contributed by atoms with E-state index in [2.05, 4.69) is 20.9 Å². The molecule has 33 heavy (non-hydrogen) atoms. The number of halogens is 1. The Labute approximate surface area is 198 Å². The van der Waals surface area contributed by atoms with Crippen molar-refractivity contribution >= 4 is 23.2 Å². The summed E-state index contributed by atoms with van der Waals surface area (Å²) >= 11 is 6.37. The van der Waals surface area contributed by atoms with E-state index >= 15 is 0 Å². The van der Waals surface area contributed by atoms with Gasteiger partial charge in [-0.25, -0.2) is 9.50 Å². The van der Waals surface area contributed by atoms with Crippen molar-refractivity contribution in [2.45, 2.75) is 52.4 Å². The minimum atomic E-state index is 0.0728. The van der Waals surface area contributed by atoms with Gasteiger partial charge in [-0.05, 0) is 44.9 Å². The molecule has 6 rings (SSSR count). The molecule has 0 saturated carbocycles. The van der Waals surface area contributed by atoms with Crippen molar-refractivity contribution in [2.24, 2.45) is 0 Å². The van der Waals surface area contributed by atoms with E-state index in [1.807, 2.05) is 41.5 Å². The lowest BCUT2D eigenvalue weighted by molar-refractivity contribution is 0.0743. The van der Waals surface area contributed by atoms with Gasteiger partial charge in [-0.1, -0.05) is 29.8 Å². The fourth-order valence-electron chi connectivity index (χ4n) is 5.73. The molecule has 7 nitrogen and oxygen atoms in total. The SMILES string of the molecule is Cc1nc2c3c(nn2c(C)c1Cl)CN(C(=O)c1ccccc1CN1CCN2CCCC2C1)C3. The molecule has 1 atom stereocenters. The largest absolute Gasteiger partial charge is 0.328 e. The van der Waals surface area contributed by atoms with Gasteiger partial charge < -0.3 is 4.90 Å². The average Bonchev–Trinajstić information content (AvgIpc) is 3.52. The molecule has 0 radical (unpaired) electrons. The number of benzene rings is 1. The number of aromatic nitrogens is 3. The van der Waals surface area contributed by atoms with Gasteiger partial charge in [-0.2, -0.15) is 5.10 Å². The molecule has 1 unspecified atom stereocenters. The first-order valence-electron chi connectivity index (χ1n) is 11.9. The van der Waals surface area contributed by atoms with Gasteiger partial charge in [0, 0.05) is 43.3 Å². The predicted octanol–water partition coefficient (Wildman–Crippen LogP) is 3.44. The van der Waals surface area contributed by atoms with Crippen LogP contribution in [0.25, 0.3) is 5.65 Å². The zero-order valence-corrected chi connectivity index (χ0v) is 20.0. The van der Waals surface area contributed by atoms with Crippen molar-refractivity contribution in [2.75, 3.05) is 26.2 Å². The Kier molecular flexibility index (Phi) is 5.16. The molecule has 0 aliphatic carbocycles. The second-order valence-electron chi connectivity index (χ2n) is 9.64. The normalized spacial score (nSPS) is 21.1. The summed E-state index contributed by atoms with van der Waals surface area (Å²) < 4.78 is 1.82. The maximum Gasteiger partial charge on any atom is 0.254 e. The van der Waals surface area contributed by atoms with Gasteiger partial charge in [-0.15, -0.1) is 0 Å². The zero-order chi connectivity index (χ0) is 22.7. The molecule has 3 aliphatic heterocycles. The molecule has 3 aromatic rings. The lowest BCUT2D eigenvalue weighted by Gasteiger charge is -2.37. The summed E-state index contributed by atoms with van der Waals surface area (Å²) in [5.41, 5.74) is 6.35. The highest BCUT2D eigenvalue weighted by Crippen LogP contribution is 2.30. The van der Waals surface area contributed by atoms with Crippen LogP contribution in [0.5, 0.6) is 0 Å². The molecule has 1 amide bonds. The topological polar surface area (TPSA) is 57.0 Å². The Balaban J connectivity index is 1.23. The average molecular weight is 465 g/mol. The van der Waals surface area contributed by atoms with Gasteiger partial charge in [-0.3, -0.25) is 14.6 Å². The van der Waals surface area contributed by atoms with Crippen LogP contribution in [0.15, 0.2) is 24.3 Å². The van der Waals surface area contributed by atoms with Gasteiger partial charge in [0.05, 0.1) is 35.2 Å². The van der Waals surface area contributed by atoms with Crippen LogP contribution in [0.2, 0.25) is 5.02 Å². The summed E-state index contributed by atoms with van der Waals surface area (Å²) in [7, 11) is 0. The molecule has 0 N–H and O–H groups in total. The predicted molar refractivity (Wildman–Crippen MR) is 127 cm³/mol. The quantitative estimate of drug-likeness (QED) is 0.594. The Bertz CT molecular complexity index is 1250. The number of hydrogen-bond donors (Lipinski definition) is 0. The fourth-order valence-corrected chi connectivity index (χ4v) is 5.86. The first-order valence-corrected chi connectivity index (χ1v) is 12.2. The standard InChI is InChI=1S/C25H29ClN6O/c1-16-23(26)17(2)32-24(27-16)21-14-31(15-22(21)28-32)25(33)20-8-4-3-6-18(20)12-29-10-11-30-9-5-7-19(30)13-29/h3-4,6,8,19H,5,7,9-15H2,1-2H3. The first-order chi connectivity index (χ1) is 16.0. The van der Waals surface area contributed by atoms with E-state index in [0.29, 0.717) is 24.2 Å². The van der Waals surface area contributed by atoms with Crippen LogP contribution in [0.3, 0.4) is 0 Å². The highest BCUT2D eigenvalue weighted by molar-refractivity contribution is 6.31. The van der Waals surface area contributed by atoms with Crippen LogP contribution < -0.4 is 0 Å². The summed E-state index contributed by atoms with van der Waals surface area (Å²) in [6.45, 7) is 10.3. The molecule has 2 fully saturated rings. The number of aryl methyl sites for hydroxylation is 2. The lowest BCUT2D eigenvalue weighted by atomic mass is 10.0. The monoisotopic (exact) mass is 464 g/mol. The third-order valence-electron chi connectivity index (χ3n) is 7.56. The lowest BCUT2D eigenvalue weighted by Crippen LogP contribution is -2.49. The molecule has 0 spiro atoms. The van der Waals surface area contributed by atoms with E-state index in [1.165, 1.54) is 19.4 Å². The van der Waals surface area contributed by atoms with Crippen LogP contribution in [-0.4, -0.2) is 67.4 Å². The second kappa shape index (κ2) is 8.08. The van der Waals surface area contributed by atoms with Crippen molar-refractivity contribution in [1.82, 2.24) is 29.3 Å². The maximum atomic E-state index is 13.6. The van der Waals surface area contributed by atoms with Crippen LogP contribution in [-0.2, 0) is 19.6 Å². The number of fused-ring (bicyclic) bond motifs is 4. The van der Waals surface area contributed by atoms with E-state index in [4.69, 9.17) is 16.7 Å². The maximum absolute atomic E-state index is 13.6. The molecule has 1 aromatic carbocycles. The van der Waals surface area contributed by atoms with E-state index in [9.17, 15) is 4.79 Å². The van der Waals surface area contributed by atoms with E-state index in [-0.39, 0.29) is 5.91 Å². The van der Waals surface area contributed by atoms with Crippen LogP contribution >= 0.6 is 11.6 Å². The summed E-state index contributed by atoms with van der Waals surface area (Å²) in [5, 5.41) is 5.37. The van der Waals surface area contributed by atoms with E-state index in [0.717, 1.165) is 65.6 Å². The smallest absolute Gasteiger partial charge is 0.254 e. The van der Waals surface area contributed by atoms with Crippen molar-refractivity contribution in [3.05, 3.63) is 63.1 Å². The highest BCUT2D eigenvalue weighted by atomic mass is 35.5. The first kappa shape index (κ1) is 21.1. The molecular formula is C25H29ClN6O. The molecule has 0 bridgehead atoms. The molecule has 8 heteroatoms. The van der Waals surface area contributed by atoms with Crippen molar-refractivity contribution in [1.29, 1.82) is 0 Å².